The first-order chi connectivity index (χ1) is 18.0. The van der Waals surface area contributed by atoms with Crippen LogP contribution < -0.4 is 21.2 Å². The van der Waals surface area contributed by atoms with Gasteiger partial charge in [-0.25, -0.2) is 0 Å². The molecule has 0 bridgehead atoms. The molecule has 190 valence electrons. The topological polar surface area (TPSA) is 0 Å². The smallest absolute Gasteiger partial charge is 0.00943 e. The lowest BCUT2D eigenvalue weighted by molar-refractivity contribution is 0.548. The molecule has 0 nitrogen and oxygen atoms in total. The summed E-state index contributed by atoms with van der Waals surface area (Å²) in [5.74, 6) is 0.718. The lowest BCUT2D eigenvalue weighted by Gasteiger charge is -2.39. The monoisotopic (exact) mass is 522 g/mol. The molecule has 0 spiro atoms. The van der Waals surface area contributed by atoms with Crippen LogP contribution in [0.3, 0.4) is 0 Å². The van der Waals surface area contributed by atoms with Gasteiger partial charge in [-0.05, 0) is 117 Å². The Morgan fingerprint density at radius 3 is 1.43 bits per heavy atom. The Kier molecular flexibility index (Phi) is 8.29. The molecule has 2 heteroatoms. The van der Waals surface area contributed by atoms with Gasteiger partial charge in [0.25, 0.3) is 0 Å². The summed E-state index contributed by atoms with van der Waals surface area (Å²) in [7, 11) is -0.892. The number of rotatable bonds is 7. The predicted molar refractivity (Wildman–Crippen MR) is 168 cm³/mol. The highest BCUT2D eigenvalue weighted by atomic mass is 31.1. The third-order valence-electron chi connectivity index (χ3n) is 8.32. The summed E-state index contributed by atoms with van der Waals surface area (Å²) in [6.07, 6.45) is 4.03. The Bertz CT molecular complexity index is 1200. The quantitative estimate of drug-likeness (QED) is 0.216. The Labute approximate surface area is 227 Å². The third-order valence-corrected chi connectivity index (χ3v) is 14.9. The number of hydrogen-bond donors (Lipinski definition) is 0. The predicted octanol–water partition coefficient (Wildman–Crippen LogP) is 8.04. The van der Waals surface area contributed by atoms with E-state index in [1.807, 2.05) is 0 Å². The highest BCUT2D eigenvalue weighted by Gasteiger charge is 2.42. The van der Waals surface area contributed by atoms with E-state index in [4.69, 9.17) is 0 Å². The van der Waals surface area contributed by atoms with Crippen LogP contribution in [-0.4, -0.2) is 11.3 Å². The van der Waals surface area contributed by atoms with Crippen molar-refractivity contribution in [1.29, 1.82) is 0 Å². The van der Waals surface area contributed by atoms with E-state index in [1.54, 1.807) is 10.6 Å². The maximum absolute atomic E-state index is 2.61. The van der Waals surface area contributed by atoms with Gasteiger partial charge in [-0.2, -0.15) is 0 Å². The molecule has 37 heavy (non-hydrogen) atoms. The van der Waals surface area contributed by atoms with Crippen LogP contribution in [0.2, 0.25) is 0 Å². The minimum absolute atomic E-state index is 0.407. The molecule has 0 aliphatic heterocycles. The zero-order valence-corrected chi connectivity index (χ0v) is 24.8. The zero-order valence-electron chi connectivity index (χ0n) is 23.0. The summed E-state index contributed by atoms with van der Waals surface area (Å²) < 4.78 is 0. The van der Waals surface area contributed by atoms with Crippen LogP contribution >= 0.6 is 15.8 Å². The van der Waals surface area contributed by atoms with Crippen molar-refractivity contribution >= 4 is 37.1 Å². The average molecular weight is 523 g/mol. The lowest BCUT2D eigenvalue weighted by atomic mass is 10.0. The summed E-state index contributed by atoms with van der Waals surface area (Å²) in [5, 5.41) is 6.32. The molecular weight excluding hydrogens is 482 g/mol. The second-order valence-corrected chi connectivity index (χ2v) is 15.7. The van der Waals surface area contributed by atoms with E-state index in [2.05, 4.69) is 132 Å². The van der Waals surface area contributed by atoms with Gasteiger partial charge in [0.2, 0.25) is 0 Å². The summed E-state index contributed by atoms with van der Waals surface area (Å²) in [4.78, 5) is 0. The van der Waals surface area contributed by atoms with Crippen LogP contribution in [0.15, 0.2) is 97.1 Å². The number of aryl methyl sites for hydroxylation is 4. The molecular formula is C35H40P2. The van der Waals surface area contributed by atoms with Crippen molar-refractivity contribution in [3.63, 3.8) is 0 Å². The molecule has 0 aromatic heterocycles. The van der Waals surface area contributed by atoms with Gasteiger partial charge in [-0.3, -0.25) is 0 Å². The van der Waals surface area contributed by atoms with Crippen LogP contribution in [0.5, 0.6) is 0 Å². The van der Waals surface area contributed by atoms with Gasteiger partial charge in [0, 0.05) is 0 Å². The molecule has 3 atom stereocenters. The minimum atomic E-state index is -0.485. The molecule has 0 amide bonds. The van der Waals surface area contributed by atoms with E-state index in [0.717, 1.165) is 5.92 Å². The van der Waals surface area contributed by atoms with Gasteiger partial charge in [-0.1, -0.05) is 110 Å². The fourth-order valence-electron chi connectivity index (χ4n) is 6.64. The van der Waals surface area contributed by atoms with Gasteiger partial charge in [0.15, 0.2) is 0 Å². The Morgan fingerprint density at radius 1 is 0.568 bits per heavy atom. The molecule has 1 fully saturated rings. The average Bonchev–Trinajstić information content (AvgIpc) is 3.38. The van der Waals surface area contributed by atoms with Crippen LogP contribution in [-0.2, 0) is 0 Å². The van der Waals surface area contributed by atoms with Crippen LogP contribution in [0.1, 0.15) is 48.4 Å². The molecule has 0 saturated heterocycles. The zero-order chi connectivity index (χ0) is 25.9. The first kappa shape index (κ1) is 26.4. The standard InChI is InChI=1S/C35H40P2/c1-25-15-12-16-26(2)34(25)36(35-27(3)17-13-18-28(35)4)29(5)32-23-14-24-33(32)37(30-19-8-6-9-20-30)31-21-10-7-11-22-31/h6-13,15-22,29,32-33H,14,23-24H2,1-5H3/t29-,32?,33?/m1/s1. The van der Waals surface area contributed by atoms with E-state index in [-0.39, 0.29) is 0 Å². The summed E-state index contributed by atoms with van der Waals surface area (Å²) >= 11 is 0. The van der Waals surface area contributed by atoms with Crippen LogP contribution in [0, 0.1) is 33.6 Å². The Morgan fingerprint density at radius 2 is 1.00 bits per heavy atom. The fourth-order valence-corrected chi connectivity index (χ4v) is 13.7. The largest absolute Gasteiger partial charge is 0.0622 e. The third kappa shape index (κ3) is 5.35. The van der Waals surface area contributed by atoms with Gasteiger partial charge >= 0.3 is 0 Å². The second-order valence-electron chi connectivity index (χ2n) is 10.8. The number of hydrogen-bond acceptors (Lipinski definition) is 0. The summed E-state index contributed by atoms with van der Waals surface area (Å²) in [6, 6.07) is 36.7. The van der Waals surface area contributed by atoms with Crippen molar-refractivity contribution in [2.45, 2.75) is 65.2 Å². The highest BCUT2D eigenvalue weighted by molar-refractivity contribution is 7.75. The molecule has 2 unspecified atom stereocenters. The van der Waals surface area contributed by atoms with E-state index in [1.165, 1.54) is 52.1 Å². The summed E-state index contributed by atoms with van der Waals surface area (Å²) in [5.41, 5.74) is 7.19. The molecule has 5 rings (SSSR count). The molecule has 0 N–H and O–H groups in total. The van der Waals surface area contributed by atoms with Crippen LogP contribution in [0.4, 0.5) is 0 Å². The fraction of sp³-hybridized carbons (Fsp3) is 0.314. The Balaban J connectivity index is 1.63. The molecule has 4 aromatic carbocycles. The lowest BCUT2D eigenvalue weighted by Crippen LogP contribution is -2.35. The number of benzene rings is 4. The van der Waals surface area contributed by atoms with E-state index in [9.17, 15) is 0 Å². The van der Waals surface area contributed by atoms with Crippen molar-refractivity contribution in [3.05, 3.63) is 119 Å². The first-order valence-electron chi connectivity index (χ1n) is 13.8. The molecule has 1 aliphatic carbocycles. The van der Waals surface area contributed by atoms with Crippen molar-refractivity contribution in [2.24, 2.45) is 5.92 Å². The van der Waals surface area contributed by atoms with Crippen molar-refractivity contribution in [2.75, 3.05) is 0 Å². The molecule has 0 heterocycles. The van der Waals surface area contributed by atoms with Crippen LogP contribution in [0.25, 0.3) is 0 Å². The molecule has 0 radical (unpaired) electrons. The minimum Gasteiger partial charge on any atom is -0.0622 e. The maximum Gasteiger partial charge on any atom is -0.00943 e. The summed E-state index contributed by atoms with van der Waals surface area (Å²) in [6.45, 7) is 12.0. The first-order valence-corrected chi connectivity index (χ1v) is 16.6. The van der Waals surface area contributed by atoms with Gasteiger partial charge in [0.1, 0.15) is 0 Å². The van der Waals surface area contributed by atoms with E-state index in [0.29, 0.717) is 11.3 Å². The van der Waals surface area contributed by atoms with Gasteiger partial charge in [-0.15, -0.1) is 0 Å². The van der Waals surface area contributed by atoms with Gasteiger partial charge < -0.3 is 0 Å². The molecule has 1 saturated carbocycles. The van der Waals surface area contributed by atoms with E-state index >= 15 is 0 Å². The second kappa shape index (κ2) is 11.6. The Hall–Kier alpha value is -2.26. The maximum atomic E-state index is 2.61. The van der Waals surface area contributed by atoms with Crippen molar-refractivity contribution in [1.82, 2.24) is 0 Å². The highest BCUT2D eigenvalue weighted by Crippen LogP contribution is 2.57. The SMILES string of the molecule is Cc1cccc(C)c1P(c1c(C)cccc1C)[C@H](C)C1CCCC1P(c1ccccc1)c1ccccc1. The molecule has 1 aliphatic rings. The normalized spacial score (nSPS) is 18.5. The van der Waals surface area contributed by atoms with Crippen molar-refractivity contribution < 1.29 is 0 Å². The van der Waals surface area contributed by atoms with E-state index < -0.39 is 15.8 Å². The molecule has 4 aromatic rings. The van der Waals surface area contributed by atoms with Gasteiger partial charge in [0.05, 0.1) is 0 Å². The van der Waals surface area contributed by atoms with Crippen molar-refractivity contribution in [3.8, 4) is 0 Å².